The van der Waals surface area contributed by atoms with E-state index in [2.05, 4.69) is 229 Å². The minimum absolute atomic E-state index is 1.09. The molecule has 0 N–H and O–H groups in total. The maximum Gasteiger partial charge on any atom is 0.0624 e. The molecular weight excluding hydrogens is 663 g/mol. The molecule has 0 bridgehead atoms. The van der Waals surface area contributed by atoms with E-state index in [1.165, 1.54) is 76.8 Å². The lowest BCUT2D eigenvalue weighted by Gasteiger charge is -2.31. The van der Waals surface area contributed by atoms with Crippen LogP contribution in [-0.4, -0.2) is 0 Å². The van der Waals surface area contributed by atoms with Gasteiger partial charge >= 0.3 is 0 Å². The Morgan fingerprint density at radius 2 is 0.673 bits per heavy atom. The third kappa shape index (κ3) is 6.02. The van der Waals surface area contributed by atoms with Gasteiger partial charge < -0.3 is 4.90 Å². The molecule has 0 saturated carbocycles. The van der Waals surface area contributed by atoms with E-state index in [1.807, 2.05) is 0 Å². The molecule has 0 radical (unpaired) electrons. The van der Waals surface area contributed by atoms with Crippen molar-refractivity contribution in [3.05, 3.63) is 224 Å². The van der Waals surface area contributed by atoms with Crippen molar-refractivity contribution in [3.8, 4) is 44.5 Å². The highest BCUT2D eigenvalue weighted by molar-refractivity contribution is 6.22. The molecule has 10 rings (SSSR count). The number of fused-ring (bicyclic) bond motifs is 4. The van der Waals surface area contributed by atoms with Crippen molar-refractivity contribution >= 4 is 49.4 Å². The van der Waals surface area contributed by atoms with Crippen LogP contribution in [0.1, 0.15) is 0 Å². The second-order valence-electron chi connectivity index (χ2n) is 14.1. The molecule has 55 heavy (non-hydrogen) atoms. The van der Waals surface area contributed by atoms with Gasteiger partial charge in [0.1, 0.15) is 0 Å². The first-order valence-corrected chi connectivity index (χ1v) is 18.9. The monoisotopic (exact) mass is 699 g/mol. The highest BCUT2D eigenvalue weighted by atomic mass is 15.1. The summed E-state index contributed by atoms with van der Waals surface area (Å²) in [6.07, 6.45) is 0. The zero-order valence-electron chi connectivity index (χ0n) is 30.3. The molecule has 0 unspecified atom stereocenters. The third-order valence-corrected chi connectivity index (χ3v) is 10.8. The lowest BCUT2D eigenvalue weighted by molar-refractivity contribution is 1.30. The van der Waals surface area contributed by atoms with E-state index < -0.39 is 0 Å². The summed E-state index contributed by atoms with van der Waals surface area (Å²) in [6.45, 7) is 0. The summed E-state index contributed by atoms with van der Waals surface area (Å²) >= 11 is 0. The number of anilines is 3. The second-order valence-corrected chi connectivity index (χ2v) is 14.1. The summed E-state index contributed by atoms with van der Waals surface area (Å²) in [7, 11) is 0. The lowest BCUT2D eigenvalue weighted by atomic mass is 9.88. The van der Waals surface area contributed by atoms with Crippen LogP contribution in [0.25, 0.3) is 76.8 Å². The Balaban J connectivity index is 1.29. The highest BCUT2D eigenvalue weighted by Gasteiger charge is 2.24. The zero-order chi connectivity index (χ0) is 36.6. The third-order valence-electron chi connectivity index (χ3n) is 10.8. The van der Waals surface area contributed by atoms with E-state index in [0.29, 0.717) is 0 Å². The SMILES string of the molecule is c1ccc(-c2cccc(-c3c(N(c4cccc(-c5ccccc5)c4)c4cccc(-c5ccc6ccccc6c5)c4)c4ccccc4c4ccccc34)c2)cc1. The average Bonchev–Trinajstić information content (AvgIpc) is 3.27. The zero-order valence-corrected chi connectivity index (χ0v) is 30.3. The fourth-order valence-electron chi connectivity index (χ4n) is 8.19. The van der Waals surface area contributed by atoms with Crippen LogP contribution in [-0.2, 0) is 0 Å². The Kier molecular flexibility index (Phi) is 8.24. The summed E-state index contributed by atoms with van der Waals surface area (Å²) in [5.74, 6) is 0. The summed E-state index contributed by atoms with van der Waals surface area (Å²) in [4.78, 5) is 2.50. The smallest absolute Gasteiger partial charge is 0.0624 e. The maximum atomic E-state index is 2.50. The first-order chi connectivity index (χ1) is 27.3. The molecule has 10 aromatic rings. The normalized spacial score (nSPS) is 11.3. The molecule has 0 amide bonds. The molecule has 1 nitrogen and oxygen atoms in total. The Hall–Kier alpha value is -7.22. The minimum Gasteiger partial charge on any atom is -0.309 e. The van der Waals surface area contributed by atoms with Crippen LogP contribution in [0.4, 0.5) is 17.1 Å². The molecule has 0 aliphatic heterocycles. The van der Waals surface area contributed by atoms with E-state index in [1.54, 1.807) is 0 Å². The van der Waals surface area contributed by atoms with Gasteiger partial charge in [0.25, 0.3) is 0 Å². The van der Waals surface area contributed by atoms with Crippen LogP contribution >= 0.6 is 0 Å². The van der Waals surface area contributed by atoms with Gasteiger partial charge in [-0.15, -0.1) is 0 Å². The van der Waals surface area contributed by atoms with Crippen LogP contribution in [0.2, 0.25) is 0 Å². The van der Waals surface area contributed by atoms with Crippen LogP contribution in [0.5, 0.6) is 0 Å². The van der Waals surface area contributed by atoms with Gasteiger partial charge in [-0.25, -0.2) is 0 Å². The highest BCUT2D eigenvalue weighted by Crippen LogP contribution is 2.50. The molecule has 258 valence electrons. The first-order valence-electron chi connectivity index (χ1n) is 18.9. The minimum atomic E-state index is 1.09. The first kappa shape index (κ1) is 32.4. The predicted molar refractivity (Wildman–Crippen MR) is 235 cm³/mol. The van der Waals surface area contributed by atoms with E-state index in [4.69, 9.17) is 0 Å². The van der Waals surface area contributed by atoms with Gasteiger partial charge in [0.2, 0.25) is 0 Å². The summed E-state index contributed by atoms with van der Waals surface area (Å²) in [6, 6.07) is 81.6. The summed E-state index contributed by atoms with van der Waals surface area (Å²) < 4.78 is 0. The van der Waals surface area contributed by atoms with Crippen molar-refractivity contribution in [1.29, 1.82) is 0 Å². The van der Waals surface area contributed by atoms with Crippen LogP contribution in [0.3, 0.4) is 0 Å². The topological polar surface area (TPSA) is 3.24 Å². The molecule has 10 aromatic carbocycles. The van der Waals surface area contributed by atoms with E-state index >= 15 is 0 Å². The van der Waals surface area contributed by atoms with E-state index in [-0.39, 0.29) is 0 Å². The van der Waals surface area contributed by atoms with Crippen LogP contribution in [0.15, 0.2) is 224 Å². The Morgan fingerprint density at radius 3 is 1.33 bits per heavy atom. The molecule has 0 fully saturated rings. The van der Waals surface area contributed by atoms with Gasteiger partial charge in [-0.1, -0.05) is 188 Å². The van der Waals surface area contributed by atoms with Gasteiger partial charge in [0.15, 0.2) is 0 Å². The lowest BCUT2D eigenvalue weighted by Crippen LogP contribution is -2.12. The van der Waals surface area contributed by atoms with Crippen molar-refractivity contribution in [3.63, 3.8) is 0 Å². The fraction of sp³-hybridized carbons (Fsp3) is 0. The maximum absolute atomic E-state index is 2.50. The van der Waals surface area contributed by atoms with Gasteiger partial charge in [0.05, 0.1) is 5.69 Å². The molecule has 0 heterocycles. The van der Waals surface area contributed by atoms with Crippen molar-refractivity contribution in [2.75, 3.05) is 4.90 Å². The molecule has 0 atom stereocenters. The standard InChI is InChI=1S/C54H37N/c1-3-16-38(17-4-1)42-22-13-25-46(35-42)53-51-30-11-9-28-49(51)50-29-10-12-31-52(50)54(53)55(47-26-14-23-43(36-47)39-18-5-2-6-19-39)48-27-15-24-44(37-48)45-33-32-40-20-7-8-21-41(40)34-45/h1-37H. The Morgan fingerprint density at radius 1 is 0.236 bits per heavy atom. The quantitative estimate of drug-likeness (QED) is 0.150. The van der Waals surface area contributed by atoms with Crippen molar-refractivity contribution in [1.82, 2.24) is 0 Å². The number of nitrogens with zero attached hydrogens (tertiary/aromatic N) is 1. The average molecular weight is 700 g/mol. The van der Waals surface area contributed by atoms with Gasteiger partial charge in [-0.2, -0.15) is 0 Å². The molecule has 0 saturated heterocycles. The molecule has 0 aliphatic rings. The fourth-order valence-corrected chi connectivity index (χ4v) is 8.19. The van der Waals surface area contributed by atoms with Gasteiger partial charge in [-0.3, -0.25) is 0 Å². The number of rotatable bonds is 7. The summed E-state index contributed by atoms with van der Waals surface area (Å²) in [5, 5.41) is 7.36. The Labute approximate surface area is 322 Å². The van der Waals surface area contributed by atoms with E-state index in [9.17, 15) is 0 Å². The molecule has 0 aliphatic carbocycles. The Bertz CT molecular complexity index is 2980. The van der Waals surface area contributed by atoms with E-state index in [0.717, 1.165) is 17.1 Å². The molecule has 1 heteroatoms. The summed E-state index contributed by atoms with van der Waals surface area (Å²) in [5.41, 5.74) is 12.8. The predicted octanol–water partition coefficient (Wildman–Crippen LogP) is 15.3. The molecule has 0 aromatic heterocycles. The van der Waals surface area contributed by atoms with Crippen LogP contribution < -0.4 is 4.90 Å². The number of hydrogen-bond acceptors (Lipinski definition) is 1. The van der Waals surface area contributed by atoms with Gasteiger partial charge in [-0.05, 0) is 102 Å². The van der Waals surface area contributed by atoms with Crippen molar-refractivity contribution < 1.29 is 0 Å². The number of hydrogen-bond donors (Lipinski definition) is 0. The second kappa shape index (κ2) is 14.0. The van der Waals surface area contributed by atoms with Crippen molar-refractivity contribution in [2.24, 2.45) is 0 Å². The van der Waals surface area contributed by atoms with Crippen molar-refractivity contribution in [2.45, 2.75) is 0 Å². The number of benzene rings is 10. The van der Waals surface area contributed by atoms with Gasteiger partial charge in [0, 0.05) is 22.3 Å². The molecule has 0 spiro atoms. The molecular formula is C54H37N. The largest absolute Gasteiger partial charge is 0.309 e. The van der Waals surface area contributed by atoms with Crippen LogP contribution in [0, 0.1) is 0 Å².